The highest BCUT2D eigenvalue weighted by molar-refractivity contribution is 9.10. The molecule has 3 rings (SSSR count). The van der Waals surface area contributed by atoms with Crippen molar-refractivity contribution in [1.29, 1.82) is 5.26 Å². The van der Waals surface area contributed by atoms with Crippen LogP contribution in [0.4, 0.5) is 0 Å². The van der Waals surface area contributed by atoms with Crippen LogP contribution in [0.2, 0.25) is 0 Å². The minimum Gasteiger partial charge on any atom is -0.240 e. The lowest BCUT2D eigenvalue weighted by Gasteiger charge is -2.12. The van der Waals surface area contributed by atoms with Gasteiger partial charge in [-0.2, -0.15) is 17.0 Å². The molecule has 0 radical (unpaired) electrons. The molecule has 1 heterocycles. The molecule has 2 aromatic carbocycles. The van der Waals surface area contributed by atoms with Crippen molar-refractivity contribution in [1.82, 2.24) is 4.98 Å². The molecule has 0 saturated carbocycles. The lowest BCUT2D eigenvalue weighted by Crippen LogP contribution is -1.96. The Bertz CT molecular complexity index is 951. The van der Waals surface area contributed by atoms with Crippen molar-refractivity contribution in [2.45, 2.75) is 24.8 Å². The standard InChI is InChI=1S/C23H21BrN2S2/c1-2-3-13-27-16-28-23-21(15-25)20(17-7-5-4-6-8-17)14-22(26-23)18-9-11-19(24)12-10-18/h4-12,14H,2-3,13,16H2,1H3. The van der Waals surface area contributed by atoms with Crippen LogP contribution >= 0.6 is 39.5 Å². The highest BCUT2D eigenvalue weighted by Crippen LogP contribution is 2.35. The summed E-state index contributed by atoms with van der Waals surface area (Å²) in [6.45, 7) is 2.21. The van der Waals surface area contributed by atoms with Crippen LogP contribution in [0, 0.1) is 11.3 Å². The van der Waals surface area contributed by atoms with Gasteiger partial charge in [-0.3, -0.25) is 0 Å². The first kappa shape index (κ1) is 21.0. The van der Waals surface area contributed by atoms with Gasteiger partial charge in [-0.1, -0.05) is 83.5 Å². The summed E-state index contributed by atoms with van der Waals surface area (Å²) in [5, 5.41) is 11.6. The van der Waals surface area contributed by atoms with E-state index < -0.39 is 0 Å². The number of nitrogens with zero attached hydrogens (tertiary/aromatic N) is 2. The first-order valence-electron chi connectivity index (χ1n) is 9.20. The molecule has 0 aliphatic rings. The number of thioether (sulfide) groups is 2. The van der Waals surface area contributed by atoms with Gasteiger partial charge >= 0.3 is 0 Å². The fraction of sp³-hybridized carbons (Fsp3) is 0.217. The average Bonchev–Trinajstić information content (AvgIpc) is 2.74. The number of unbranched alkanes of at least 4 members (excludes halogenated alkanes) is 1. The third-order valence-corrected chi connectivity index (χ3v) is 7.06. The Hall–Kier alpha value is -1.74. The van der Waals surface area contributed by atoms with Gasteiger partial charge in [0.25, 0.3) is 0 Å². The Morgan fingerprint density at radius 2 is 1.79 bits per heavy atom. The maximum absolute atomic E-state index is 9.88. The fourth-order valence-electron chi connectivity index (χ4n) is 2.75. The van der Waals surface area contributed by atoms with E-state index >= 15 is 0 Å². The van der Waals surface area contributed by atoms with Crippen LogP contribution in [0.3, 0.4) is 0 Å². The van der Waals surface area contributed by atoms with Gasteiger partial charge < -0.3 is 0 Å². The molecule has 0 N–H and O–H groups in total. The summed E-state index contributed by atoms with van der Waals surface area (Å²) in [6, 6.07) is 22.7. The number of aromatic nitrogens is 1. The summed E-state index contributed by atoms with van der Waals surface area (Å²) < 4.78 is 1.04. The first-order valence-corrected chi connectivity index (χ1v) is 12.1. The van der Waals surface area contributed by atoms with E-state index in [-0.39, 0.29) is 0 Å². The molecule has 28 heavy (non-hydrogen) atoms. The van der Waals surface area contributed by atoms with Crippen LogP contribution in [0.1, 0.15) is 25.3 Å². The van der Waals surface area contributed by atoms with Gasteiger partial charge in [0, 0.05) is 20.7 Å². The van der Waals surface area contributed by atoms with Gasteiger partial charge in [-0.05, 0) is 35.9 Å². The SMILES string of the molecule is CCCCSCSc1nc(-c2ccc(Br)cc2)cc(-c2ccccc2)c1C#N. The lowest BCUT2D eigenvalue weighted by molar-refractivity contribution is 0.897. The van der Waals surface area contributed by atoms with E-state index in [1.165, 1.54) is 12.8 Å². The molecule has 0 bridgehead atoms. The maximum atomic E-state index is 9.88. The van der Waals surface area contributed by atoms with Crippen LogP contribution in [0.15, 0.2) is 70.2 Å². The lowest BCUT2D eigenvalue weighted by atomic mass is 9.99. The normalized spacial score (nSPS) is 10.6. The van der Waals surface area contributed by atoms with E-state index in [0.29, 0.717) is 5.56 Å². The third kappa shape index (κ3) is 5.41. The summed E-state index contributed by atoms with van der Waals surface area (Å²) in [6.07, 6.45) is 2.43. The molecular formula is C23H21BrN2S2. The Labute approximate surface area is 183 Å². The van der Waals surface area contributed by atoms with Crippen molar-refractivity contribution < 1.29 is 0 Å². The number of nitriles is 1. The first-order chi connectivity index (χ1) is 13.7. The largest absolute Gasteiger partial charge is 0.240 e. The Morgan fingerprint density at radius 3 is 2.46 bits per heavy atom. The third-order valence-electron chi connectivity index (χ3n) is 4.24. The minimum absolute atomic E-state index is 0.660. The number of pyridine rings is 1. The summed E-state index contributed by atoms with van der Waals surface area (Å²) in [7, 11) is 0. The molecule has 142 valence electrons. The van der Waals surface area contributed by atoms with Crippen molar-refractivity contribution in [2.75, 3.05) is 10.8 Å². The molecule has 0 atom stereocenters. The zero-order chi connectivity index (χ0) is 19.8. The molecule has 3 aromatic rings. The molecule has 0 aliphatic heterocycles. The smallest absolute Gasteiger partial charge is 0.116 e. The second-order valence-corrected chi connectivity index (χ2v) is 9.59. The topological polar surface area (TPSA) is 36.7 Å². The van der Waals surface area contributed by atoms with Gasteiger partial charge in [0.1, 0.15) is 11.1 Å². The minimum atomic E-state index is 0.660. The highest BCUT2D eigenvalue weighted by Gasteiger charge is 2.15. The van der Waals surface area contributed by atoms with E-state index in [4.69, 9.17) is 4.98 Å². The average molecular weight is 469 g/mol. The second-order valence-electron chi connectivity index (χ2n) is 6.24. The number of hydrogen-bond donors (Lipinski definition) is 0. The van der Waals surface area contributed by atoms with Gasteiger partial charge in [0.15, 0.2) is 0 Å². The van der Waals surface area contributed by atoms with E-state index in [1.54, 1.807) is 11.8 Å². The van der Waals surface area contributed by atoms with E-state index in [9.17, 15) is 5.26 Å². The molecule has 0 fully saturated rings. The molecule has 0 spiro atoms. The maximum Gasteiger partial charge on any atom is 0.116 e. The zero-order valence-electron chi connectivity index (χ0n) is 15.7. The number of hydrogen-bond acceptors (Lipinski definition) is 4. The molecule has 1 aromatic heterocycles. The Morgan fingerprint density at radius 1 is 1.04 bits per heavy atom. The van der Waals surface area contributed by atoms with Crippen molar-refractivity contribution in [3.63, 3.8) is 0 Å². The Balaban J connectivity index is 2.02. The van der Waals surface area contributed by atoms with Crippen LogP contribution in [-0.4, -0.2) is 15.8 Å². The molecular weight excluding hydrogens is 448 g/mol. The van der Waals surface area contributed by atoms with Gasteiger partial charge in [0.2, 0.25) is 0 Å². The van der Waals surface area contributed by atoms with Gasteiger partial charge in [-0.25, -0.2) is 4.98 Å². The predicted molar refractivity (Wildman–Crippen MR) is 126 cm³/mol. The van der Waals surface area contributed by atoms with Crippen LogP contribution < -0.4 is 0 Å². The van der Waals surface area contributed by atoms with Crippen molar-refractivity contribution in [3.8, 4) is 28.5 Å². The van der Waals surface area contributed by atoms with Crippen molar-refractivity contribution >= 4 is 39.5 Å². The van der Waals surface area contributed by atoms with Gasteiger partial charge in [-0.15, -0.1) is 0 Å². The van der Waals surface area contributed by atoms with E-state index in [2.05, 4.69) is 41.1 Å². The zero-order valence-corrected chi connectivity index (χ0v) is 18.9. The van der Waals surface area contributed by atoms with E-state index in [1.807, 2.05) is 60.3 Å². The number of rotatable bonds is 8. The summed E-state index contributed by atoms with van der Waals surface area (Å²) in [5.41, 5.74) is 4.59. The Kier molecular flexibility index (Phi) is 8.02. The molecule has 0 unspecified atom stereocenters. The second kappa shape index (κ2) is 10.7. The summed E-state index contributed by atoms with van der Waals surface area (Å²) in [4.78, 5) is 4.86. The fourth-order valence-corrected chi connectivity index (χ4v) is 5.22. The van der Waals surface area contributed by atoms with Crippen molar-refractivity contribution in [3.05, 3.63) is 70.7 Å². The van der Waals surface area contributed by atoms with Crippen molar-refractivity contribution in [2.24, 2.45) is 0 Å². The summed E-state index contributed by atoms with van der Waals surface area (Å²) in [5.74, 6) is 1.14. The number of halogens is 1. The van der Waals surface area contributed by atoms with Crippen LogP contribution in [0.25, 0.3) is 22.4 Å². The monoisotopic (exact) mass is 468 g/mol. The molecule has 0 saturated heterocycles. The van der Waals surface area contributed by atoms with Crippen LogP contribution in [-0.2, 0) is 0 Å². The van der Waals surface area contributed by atoms with E-state index in [0.717, 1.165) is 42.7 Å². The number of benzene rings is 2. The molecule has 0 amide bonds. The molecule has 5 heteroatoms. The quantitative estimate of drug-likeness (QED) is 0.193. The predicted octanol–water partition coefficient (Wildman–Crippen LogP) is 7.63. The summed E-state index contributed by atoms with van der Waals surface area (Å²) >= 11 is 7.06. The van der Waals surface area contributed by atoms with Gasteiger partial charge in [0.05, 0.1) is 11.3 Å². The van der Waals surface area contributed by atoms with Crippen LogP contribution in [0.5, 0.6) is 0 Å². The molecule has 0 aliphatic carbocycles. The highest BCUT2D eigenvalue weighted by atomic mass is 79.9. The molecule has 2 nitrogen and oxygen atoms in total.